The van der Waals surface area contributed by atoms with E-state index in [-0.39, 0.29) is 23.5 Å². The van der Waals surface area contributed by atoms with Crippen LogP contribution in [0.15, 0.2) is 48.5 Å². The minimum Gasteiger partial charge on any atom is -0.492 e. The summed E-state index contributed by atoms with van der Waals surface area (Å²) in [7, 11) is 0. The van der Waals surface area contributed by atoms with Crippen LogP contribution in [0.1, 0.15) is 79.2 Å². The minimum absolute atomic E-state index is 0.118. The van der Waals surface area contributed by atoms with Gasteiger partial charge in [0.1, 0.15) is 11.5 Å². The molecular formula is C31H35NO6. The second kappa shape index (κ2) is 12.6. The molecule has 3 aromatic carbocycles. The molecule has 1 aliphatic heterocycles. The van der Waals surface area contributed by atoms with E-state index in [4.69, 9.17) is 14.2 Å². The number of nitrogens with zero attached hydrogens (tertiary/aromatic N) is 1. The molecule has 0 unspecified atom stereocenters. The van der Waals surface area contributed by atoms with Gasteiger partial charge >= 0.3 is 5.97 Å². The van der Waals surface area contributed by atoms with Crippen molar-refractivity contribution in [1.82, 2.24) is 0 Å². The zero-order valence-corrected chi connectivity index (χ0v) is 22.4. The average molecular weight is 518 g/mol. The second-order valence-corrected chi connectivity index (χ2v) is 9.31. The molecule has 2 amide bonds. The Labute approximate surface area is 223 Å². The molecule has 0 saturated heterocycles. The Morgan fingerprint density at radius 3 is 1.89 bits per heavy atom. The van der Waals surface area contributed by atoms with Gasteiger partial charge in [0, 0.05) is 10.8 Å². The summed E-state index contributed by atoms with van der Waals surface area (Å²) < 4.78 is 17.4. The first-order chi connectivity index (χ1) is 18.5. The average Bonchev–Trinajstić information content (AvgIpc) is 3.18. The fourth-order valence-electron chi connectivity index (χ4n) is 4.68. The molecule has 7 nitrogen and oxygen atoms in total. The first-order valence-electron chi connectivity index (χ1n) is 13.5. The van der Waals surface area contributed by atoms with Crippen LogP contribution < -0.4 is 14.4 Å². The van der Waals surface area contributed by atoms with Gasteiger partial charge in [-0.2, -0.15) is 0 Å². The molecule has 0 atom stereocenters. The highest BCUT2D eigenvalue weighted by Gasteiger charge is 2.43. The molecule has 0 aliphatic carbocycles. The van der Waals surface area contributed by atoms with Gasteiger partial charge in [-0.3, -0.25) is 14.4 Å². The predicted octanol–water partition coefficient (Wildman–Crippen LogP) is 6.49. The fourth-order valence-corrected chi connectivity index (χ4v) is 4.68. The SMILES string of the molecule is CCCCCCOc1c2c(c(OCCC)c3ccccc13)C(=O)N(c1ccc(CC(=O)OCC)cc1)C2=O. The maximum absolute atomic E-state index is 13.9. The number of benzene rings is 3. The Kier molecular flexibility index (Phi) is 9.00. The summed E-state index contributed by atoms with van der Waals surface area (Å²) in [5.41, 5.74) is 1.63. The standard InChI is InChI=1S/C31H35NO6/c1-4-7-8-11-19-38-29-24-13-10-9-12-23(24)28(37-18-5-2)26-27(29)31(35)32(30(26)34)22-16-14-21(15-17-22)20-25(33)36-6-3/h9-10,12-17H,4-8,11,18-20H2,1-3H3. The summed E-state index contributed by atoms with van der Waals surface area (Å²) in [4.78, 5) is 40.7. The molecule has 0 saturated carbocycles. The van der Waals surface area contributed by atoms with E-state index in [0.717, 1.165) is 48.4 Å². The van der Waals surface area contributed by atoms with E-state index in [0.29, 0.717) is 37.0 Å². The summed E-state index contributed by atoms with van der Waals surface area (Å²) in [6, 6.07) is 14.4. The monoisotopic (exact) mass is 517 g/mol. The Bertz CT molecular complexity index is 1310. The van der Waals surface area contributed by atoms with Crippen molar-refractivity contribution in [3.05, 3.63) is 65.2 Å². The number of unbranched alkanes of at least 4 members (excludes halogenated alkanes) is 3. The van der Waals surface area contributed by atoms with E-state index in [9.17, 15) is 14.4 Å². The molecule has 1 heterocycles. The van der Waals surface area contributed by atoms with Crippen molar-refractivity contribution in [2.45, 2.75) is 59.3 Å². The van der Waals surface area contributed by atoms with Gasteiger partial charge in [0.05, 0.1) is 43.1 Å². The van der Waals surface area contributed by atoms with Crippen molar-refractivity contribution in [3.63, 3.8) is 0 Å². The summed E-state index contributed by atoms with van der Waals surface area (Å²) in [5.74, 6) is -0.382. The summed E-state index contributed by atoms with van der Waals surface area (Å²) in [5, 5.41) is 1.50. The van der Waals surface area contributed by atoms with E-state index in [1.54, 1.807) is 31.2 Å². The lowest BCUT2D eigenvalue weighted by Gasteiger charge is -2.17. The molecule has 0 bridgehead atoms. The van der Waals surface area contributed by atoms with Crippen molar-refractivity contribution in [1.29, 1.82) is 0 Å². The Morgan fingerprint density at radius 2 is 1.34 bits per heavy atom. The third-order valence-corrected chi connectivity index (χ3v) is 6.50. The van der Waals surface area contributed by atoms with E-state index in [1.165, 1.54) is 4.90 Å². The number of esters is 1. The van der Waals surface area contributed by atoms with Gasteiger partial charge in [-0.25, -0.2) is 4.90 Å². The number of ether oxygens (including phenoxy) is 3. The molecule has 0 fully saturated rings. The van der Waals surface area contributed by atoms with Gasteiger partial charge < -0.3 is 14.2 Å². The summed E-state index contributed by atoms with van der Waals surface area (Å²) >= 11 is 0. The second-order valence-electron chi connectivity index (χ2n) is 9.31. The minimum atomic E-state index is -0.448. The van der Waals surface area contributed by atoms with Crippen molar-refractivity contribution >= 4 is 34.2 Å². The molecule has 3 aromatic rings. The van der Waals surface area contributed by atoms with Crippen LogP contribution >= 0.6 is 0 Å². The van der Waals surface area contributed by atoms with Gasteiger partial charge in [0.25, 0.3) is 11.8 Å². The number of fused-ring (bicyclic) bond motifs is 2. The van der Waals surface area contributed by atoms with Crippen LogP contribution in [0.3, 0.4) is 0 Å². The van der Waals surface area contributed by atoms with Crippen LogP contribution in [0, 0.1) is 0 Å². The number of carbonyl (C=O) groups is 3. The maximum atomic E-state index is 13.9. The first kappa shape index (κ1) is 27.2. The van der Waals surface area contributed by atoms with Crippen molar-refractivity contribution in [2.24, 2.45) is 0 Å². The highest BCUT2D eigenvalue weighted by atomic mass is 16.5. The van der Waals surface area contributed by atoms with Crippen LogP contribution in [0.25, 0.3) is 10.8 Å². The fraction of sp³-hybridized carbons (Fsp3) is 0.387. The van der Waals surface area contributed by atoms with Crippen LogP contribution in [0.5, 0.6) is 11.5 Å². The summed E-state index contributed by atoms with van der Waals surface area (Å²) in [6.45, 7) is 7.08. The van der Waals surface area contributed by atoms with Crippen LogP contribution in [-0.2, 0) is 16.0 Å². The van der Waals surface area contributed by atoms with Gasteiger partial charge in [0.2, 0.25) is 0 Å². The highest BCUT2D eigenvalue weighted by molar-refractivity contribution is 6.38. The van der Waals surface area contributed by atoms with Crippen LogP contribution in [0.2, 0.25) is 0 Å². The zero-order chi connectivity index (χ0) is 27.1. The third kappa shape index (κ3) is 5.52. The van der Waals surface area contributed by atoms with Crippen LogP contribution in [-0.4, -0.2) is 37.6 Å². The zero-order valence-electron chi connectivity index (χ0n) is 22.4. The molecule has 7 heteroatoms. The van der Waals surface area contributed by atoms with Crippen molar-refractivity contribution in [3.8, 4) is 11.5 Å². The number of hydrogen-bond acceptors (Lipinski definition) is 6. The normalized spacial score (nSPS) is 12.7. The topological polar surface area (TPSA) is 82.1 Å². The van der Waals surface area contributed by atoms with Crippen molar-refractivity contribution < 1.29 is 28.6 Å². The lowest BCUT2D eigenvalue weighted by Crippen LogP contribution is -2.29. The Morgan fingerprint density at radius 1 is 0.737 bits per heavy atom. The van der Waals surface area contributed by atoms with E-state index in [2.05, 4.69) is 6.92 Å². The lowest BCUT2D eigenvalue weighted by molar-refractivity contribution is -0.142. The predicted molar refractivity (Wildman–Crippen MR) is 147 cm³/mol. The number of anilines is 1. The van der Waals surface area contributed by atoms with E-state index >= 15 is 0 Å². The number of carbonyl (C=O) groups excluding carboxylic acids is 3. The van der Waals surface area contributed by atoms with Crippen molar-refractivity contribution in [2.75, 3.05) is 24.7 Å². The number of hydrogen-bond donors (Lipinski definition) is 0. The lowest BCUT2D eigenvalue weighted by atomic mass is 9.99. The van der Waals surface area contributed by atoms with Gasteiger partial charge in [-0.1, -0.05) is 69.5 Å². The number of rotatable bonds is 13. The molecule has 38 heavy (non-hydrogen) atoms. The third-order valence-electron chi connectivity index (χ3n) is 6.50. The quantitative estimate of drug-likeness (QED) is 0.146. The summed E-state index contributed by atoms with van der Waals surface area (Å²) in [6.07, 6.45) is 5.00. The molecule has 0 aromatic heterocycles. The largest absolute Gasteiger partial charge is 0.492 e. The molecule has 4 rings (SSSR count). The Hall–Kier alpha value is -3.87. The maximum Gasteiger partial charge on any atom is 0.310 e. The Balaban J connectivity index is 1.75. The molecule has 0 spiro atoms. The number of imide groups is 1. The highest BCUT2D eigenvalue weighted by Crippen LogP contribution is 2.46. The van der Waals surface area contributed by atoms with Gasteiger partial charge in [-0.05, 0) is 37.5 Å². The number of amides is 2. The molecule has 1 aliphatic rings. The van der Waals surface area contributed by atoms with E-state index in [1.807, 2.05) is 31.2 Å². The molecular weight excluding hydrogens is 482 g/mol. The van der Waals surface area contributed by atoms with Gasteiger partial charge in [-0.15, -0.1) is 0 Å². The smallest absolute Gasteiger partial charge is 0.310 e. The van der Waals surface area contributed by atoms with E-state index < -0.39 is 11.8 Å². The van der Waals surface area contributed by atoms with Crippen LogP contribution in [0.4, 0.5) is 5.69 Å². The molecule has 0 radical (unpaired) electrons. The van der Waals surface area contributed by atoms with Gasteiger partial charge in [0.15, 0.2) is 0 Å². The molecule has 200 valence electrons. The first-order valence-corrected chi connectivity index (χ1v) is 13.5. The molecule has 0 N–H and O–H groups in total.